The molecule has 4 nitrogen and oxygen atoms in total. The fourth-order valence-corrected chi connectivity index (χ4v) is 2.88. The third kappa shape index (κ3) is 1.97. The van der Waals surface area contributed by atoms with E-state index < -0.39 is 0 Å². The highest BCUT2D eigenvalue weighted by Gasteiger charge is 2.27. The zero-order valence-corrected chi connectivity index (χ0v) is 12.0. The van der Waals surface area contributed by atoms with E-state index in [1.807, 2.05) is 43.9 Å². The Balaban J connectivity index is 2.03. The van der Waals surface area contributed by atoms with E-state index in [9.17, 15) is 4.79 Å². The van der Waals surface area contributed by atoms with Crippen LogP contribution in [0.15, 0.2) is 24.3 Å². The summed E-state index contributed by atoms with van der Waals surface area (Å²) in [4.78, 5) is 23.3. The van der Waals surface area contributed by atoms with E-state index in [0.717, 1.165) is 30.0 Å². The van der Waals surface area contributed by atoms with Gasteiger partial charge in [0, 0.05) is 12.2 Å². The molecule has 0 spiro atoms. The molecule has 1 aromatic heterocycles. The average molecular weight is 267 g/mol. The molecule has 0 radical (unpaired) electrons. The van der Waals surface area contributed by atoms with Crippen molar-refractivity contribution in [1.82, 2.24) is 9.97 Å². The summed E-state index contributed by atoms with van der Waals surface area (Å²) in [6.45, 7) is 6.32. The molecule has 0 bridgehead atoms. The topological polar surface area (TPSA) is 46.1 Å². The summed E-state index contributed by atoms with van der Waals surface area (Å²) in [6, 6.07) is 8.06. The first-order valence-corrected chi connectivity index (χ1v) is 6.79. The Morgan fingerprint density at radius 2 is 1.75 bits per heavy atom. The Morgan fingerprint density at radius 3 is 2.45 bits per heavy atom. The molecule has 102 valence electrons. The number of amides is 1. The number of benzene rings is 1. The van der Waals surface area contributed by atoms with Crippen LogP contribution >= 0.6 is 0 Å². The van der Waals surface area contributed by atoms with Crippen LogP contribution in [-0.2, 0) is 6.42 Å². The third-order valence-electron chi connectivity index (χ3n) is 3.73. The summed E-state index contributed by atoms with van der Waals surface area (Å²) in [5.41, 5.74) is 4.38. The normalized spacial score (nSPS) is 13.4. The van der Waals surface area contributed by atoms with Crippen molar-refractivity contribution in [2.75, 3.05) is 11.4 Å². The Morgan fingerprint density at radius 1 is 1.10 bits per heavy atom. The lowest BCUT2D eigenvalue weighted by atomic mass is 10.1. The van der Waals surface area contributed by atoms with Gasteiger partial charge in [0.15, 0.2) is 0 Å². The van der Waals surface area contributed by atoms with Crippen molar-refractivity contribution in [3.8, 4) is 0 Å². The minimum Gasteiger partial charge on any atom is -0.308 e. The third-order valence-corrected chi connectivity index (χ3v) is 3.73. The number of carbonyl (C=O) groups excluding carboxylic acids is 1. The van der Waals surface area contributed by atoms with E-state index in [4.69, 9.17) is 0 Å². The number of hydrogen-bond donors (Lipinski definition) is 0. The second-order valence-corrected chi connectivity index (χ2v) is 5.15. The lowest BCUT2D eigenvalue weighted by molar-refractivity contribution is 0.0987. The van der Waals surface area contributed by atoms with Gasteiger partial charge >= 0.3 is 0 Å². The maximum Gasteiger partial charge on any atom is 0.261 e. The van der Waals surface area contributed by atoms with Crippen LogP contribution in [0.5, 0.6) is 0 Å². The van der Waals surface area contributed by atoms with Crippen molar-refractivity contribution in [1.29, 1.82) is 0 Å². The van der Waals surface area contributed by atoms with Gasteiger partial charge in [-0.15, -0.1) is 0 Å². The van der Waals surface area contributed by atoms with Crippen LogP contribution in [0.25, 0.3) is 0 Å². The molecule has 0 atom stereocenters. The van der Waals surface area contributed by atoms with Crippen LogP contribution in [0.1, 0.15) is 33.1 Å². The highest BCUT2D eigenvalue weighted by molar-refractivity contribution is 6.08. The zero-order chi connectivity index (χ0) is 14.3. The molecule has 0 saturated heterocycles. The van der Waals surface area contributed by atoms with Gasteiger partial charge in [0.2, 0.25) is 0 Å². The lowest BCUT2D eigenvalue weighted by Crippen LogP contribution is -2.30. The molecule has 20 heavy (non-hydrogen) atoms. The van der Waals surface area contributed by atoms with Crippen molar-refractivity contribution in [3.63, 3.8) is 0 Å². The zero-order valence-electron chi connectivity index (χ0n) is 12.0. The molecule has 0 fully saturated rings. The summed E-state index contributed by atoms with van der Waals surface area (Å²) >= 11 is 0. The van der Waals surface area contributed by atoms with Gasteiger partial charge < -0.3 is 4.90 Å². The fourth-order valence-electron chi connectivity index (χ4n) is 2.88. The van der Waals surface area contributed by atoms with Crippen molar-refractivity contribution in [3.05, 3.63) is 52.6 Å². The summed E-state index contributed by atoms with van der Waals surface area (Å²) in [5.74, 6) is 0.711. The quantitative estimate of drug-likeness (QED) is 0.798. The van der Waals surface area contributed by atoms with Gasteiger partial charge in [-0.2, -0.15) is 0 Å². The SMILES string of the molecule is Cc1nc(C)c(C(=O)N2CCc3ccccc32)c(C)n1. The number of fused-ring (bicyclic) bond motifs is 1. The Hall–Kier alpha value is -2.23. The fraction of sp³-hybridized carbons (Fsp3) is 0.312. The second-order valence-electron chi connectivity index (χ2n) is 5.15. The second kappa shape index (κ2) is 4.71. The van der Waals surface area contributed by atoms with Gasteiger partial charge in [-0.3, -0.25) is 4.79 Å². The van der Waals surface area contributed by atoms with Crippen LogP contribution in [0.4, 0.5) is 5.69 Å². The molecule has 0 aliphatic carbocycles. The number of anilines is 1. The monoisotopic (exact) mass is 267 g/mol. The summed E-state index contributed by atoms with van der Waals surface area (Å²) in [5, 5.41) is 0. The summed E-state index contributed by atoms with van der Waals surface area (Å²) in [6.07, 6.45) is 0.909. The van der Waals surface area contributed by atoms with Gasteiger partial charge in [0.25, 0.3) is 5.91 Å². The lowest BCUT2D eigenvalue weighted by Gasteiger charge is -2.19. The molecule has 1 amide bonds. The first-order valence-electron chi connectivity index (χ1n) is 6.79. The Labute approximate surface area is 118 Å². The molecule has 2 aromatic rings. The predicted octanol–water partition coefficient (Wildman–Crippen LogP) is 2.60. The van der Waals surface area contributed by atoms with Gasteiger partial charge in [0.05, 0.1) is 17.0 Å². The Bertz CT molecular complexity index is 671. The van der Waals surface area contributed by atoms with Gasteiger partial charge in [-0.1, -0.05) is 18.2 Å². The van der Waals surface area contributed by atoms with Crippen LogP contribution in [-0.4, -0.2) is 22.4 Å². The average Bonchev–Trinajstić information content (AvgIpc) is 2.81. The molecule has 1 aliphatic heterocycles. The van der Waals surface area contributed by atoms with E-state index in [-0.39, 0.29) is 5.91 Å². The van der Waals surface area contributed by atoms with Gasteiger partial charge in [-0.25, -0.2) is 9.97 Å². The van der Waals surface area contributed by atoms with Crippen molar-refractivity contribution >= 4 is 11.6 Å². The number of carbonyl (C=O) groups is 1. The van der Waals surface area contributed by atoms with E-state index >= 15 is 0 Å². The largest absolute Gasteiger partial charge is 0.308 e. The number of rotatable bonds is 1. The van der Waals surface area contributed by atoms with E-state index in [0.29, 0.717) is 11.4 Å². The van der Waals surface area contributed by atoms with Crippen LogP contribution in [0.3, 0.4) is 0 Å². The number of nitrogens with zero attached hydrogens (tertiary/aromatic N) is 3. The van der Waals surface area contributed by atoms with Crippen LogP contribution in [0, 0.1) is 20.8 Å². The van der Waals surface area contributed by atoms with E-state index in [1.54, 1.807) is 0 Å². The van der Waals surface area contributed by atoms with Crippen molar-refractivity contribution in [2.24, 2.45) is 0 Å². The highest BCUT2D eigenvalue weighted by atomic mass is 16.2. The van der Waals surface area contributed by atoms with Crippen molar-refractivity contribution < 1.29 is 4.79 Å². The Kier molecular flexibility index (Phi) is 3.01. The minimum absolute atomic E-state index is 0.00458. The number of para-hydroxylation sites is 1. The smallest absolute Gasteiger partial charge is 0.261 e. The molecule has 0 saturated carbocycles. The first-order chi connectivity index (χ1) is 9.58. The molecule has 4 heteroatoms. The van der Waals surface area contributed by atoms with E-state index in [2.05, 4.69) is 16.0 Å². The molecule has 0 unspecified atom stereocenters. The van der Waals surface area contributed by atoms with Crippen LogP contribution < -0.4 is 4.90 Å². The molecule has 0 N–H and O–H groups in total. The number of hydrogen-bond acceptors (Lipinski definition) is 3. The standard InChI is InChI=1S/C16H17N3O/c1-10-15(11(2)18-12(3)17-10)16(20)19-9-8-13-6-4-5-7-14(13)19/h4-7H,8-9H2,1-3H3. The molecule has 3 rings (SSSR count). The summed E-state index contributed by atoms with van der Waals surface area (Å²) in [7, 11) is 0. The summed E-state index contributed by atoms with van der Waals surface area (Å²) < 4.78 is 0. The van der Waals surface area contributed by atoms with Crippen LogP contribution in [0.2, 0.25) is 0 Å². The van der Waals surface area contributed by atoms with Gasteiger partial charge in [-0.05, 0) is 38.8 Å². The van der Waals surface area contributed by atoms with E-state index in [1.165, 1.54) is 5.56 Å². The molecule has 1 aliphatic rings. The van der Waals surface area contributed by atoms with Gasteiger partial charge in [0.1, 0.15) is 5.82 Å². The molecular weight excluding hydrogens is 250 g/mol. The minimum atomic E-state index is 0.00458. The molecular formula is C16H17N3O. The maximum absolute atomic E-state index is 12.8. The molecule has 1 aromatic carbocycles. The first kappa shape index (κ1) is 12.8. The van der Waals surface area contributed by atoms with Crippen molar-refractivity contribution in [2.45, 2.75) is 27.2 Å². The molecule has 2 heterocycles. The highest BCUT2D eigenvalue weighted by Crippen LogP contribution is 2.29. The maximum atomic E-state index is 12.8. The predicted molar refractivity (Wildman–Crippen MR) is 78.1 cm³/mol. The number of aromatic nitrogens is 2. The number of aryl methyl sites for hydroxylation is 3.